The van der Waals surface area contributed by atoms with Gasteiger partial charge in [-0.3, -0.25) is 20.4 Å². The molecule has 5 nitrogen and oxygen atoms in total. The number of nitrogens with one attached hydrogen (secondary N) is 2. The highest BCUT2D eigenvalue weighted by atomic mass is 16.5. The zero-order valence-corrected chi connectivity index (χ0v) is 12.3. The fourth-order valence-electron chi connectivity index (χ4n) is 1.79. The van der Waals surface area contributed by atoms with Crippen LogP contribution in [-0.4, -0.2) is 18.4 Å². The minimum absolute atomic E-state index is 0.368. The molecule has 2 N–H and O–H groups in total. The molecule has 2 aromatic rings. The molecule has 22 heavy (non-hydrogen) atoms. The van der Waals surface area contributed by atoms with E-state index in [1.807, 2.05) is 13.0 Å². The first kappa shape index (κ1) is 15.6. The number of hydrogen-bond donors (Lipinski definition) is 2. The highest BCUT2D eigenvalue weighted by molar-refractivity contribution is 5.99. The van der Waals surface area contributed by atoms with E-state index in [1.165, 1.54) is 0 Å². The van der Waals surface area contributed by atoms with Crippen molar-refractivity contribution in [1.82, 2.24) is 10.9 Å². The van der Waals surface area contributed by atoms with Crippen molar-refractivity contribution >= 4 is 11.8 Å². The molecule has 0 bridgehead atoms. The lowest BCUT2D eigenvalue weighted by molar-refractivity contribution is 0.0846. The average molecular weight is 298 g/mol. The van der Waals surface area contributed by atoms with E-state index >= 15 is 0 Å². The largest absolute Gasteiger partial charge is 0.494 e. The van der Waals surface area contributed by atoms with E-state index < -0.39 is 5.91 Å². The van der Waals surface area contributed by atoms with Crippen LogP contribution in [0, 0.1) is 0 Å². The highest BCUT2D eigenvalue weighted by Crippen LogP contribution is 2.13. The van der Waals surface area contributed by atoms with Gasteiger partial charge in [0.2, 0.25) is 0 Å². The number of ether oxygens (including phenoxy) is 1. The minimum atomic E-state index is -0.397. The summed E-state index contributed by atoms with van der Waals surface area (Å²) in [6, 6.07) is 15.5. The first-order valence-electron chi connectivity index (χ1n) is 7.09. The number of carbonyl (C=O) groups is 2. The summed E-state index contributed by atoms with van der Waals surface area (Å²) >= 11 is 0. The summed E-state index contributed by atoms with van der Waals surface area (Å²) in [6.45, 7) is 2.60. The van der Waals surface area contributed by atoms with Gasteiger partial charge in [-0.1, -0.05) is 31.2 Å². The van der Waals surface area contributed by atoms with Crippen molar-refractivity contribution < 1.29 is 14.3 Å². The van der Waals surface area contributed by atoms with Gasteiger partial charge in [0.25, 0.3) is 11.8 Å². The number of amides is 2. The van der Waals surface area contributed by atoms with Gasteiger partial charge in [-0.25, -0.2) is 0 Å². The van der Waals surface area contributed by atoms with Gasteiger partial charge in [0.05, 0.1) is 6.61 Å². The van der Waals surface area contributed by atoms with Crippen molar-refractivity contribution in [3.63, 3.8) is 0 Å². The summed E-state index contributed by atoms with van der Waals surface area (Å²) in [5.74, 6) is -0.137. The molecule has 0 radical (unpaired) electrons. The van der Waals surface area contributed by atoms with Crippen LogP contribution < -0.4 is 15.6 Å². The van der Waals surface area contributed by atoms with Crippen molar-refractivity contribution in [3.8, 4) is 5.75 Å². The third-order valence-electron chi connectivity index (χ3n) is 2.89. The highest BCUT2D eigenvalue weighted by Gasteiger charge is 2.09. The maximum absolute atomic E-state index is 12.0. The van der Waals surface area contributed by atoms with E-state index in [2.05, 4.69) is 10.9 Å². The fraction of sp³-hybridized carbons (Fsp3) is 0.176. The van der Waals surface area contributed by atoms with Crippen LogP contribution in [0.2, 0.25) is 0 Å². The molecule has 0 saturated carbocycles. The Kier molecular flexibility index (Phi) is 5.54. The Morgan fingerprint density at radius 1 is 0.909 bits per heavy atom. The molecule has 0 heterocycles. The second-order valence-electron chi connectivity index (χ2n) is 4.65. The molecule has 0 spiro atoms. The van der Waals surface area contributed by atoms with Crippen LogP contribution in [0.3, 0.4) is 0 Å². The Bertz CT molecular complexity index is 641. The monoisotopic (exact) mass is 298 g/mol. The Balaban J connectivity index is 1.93. The SMILES string of the molecule is CCCOc1cccc(C(=O)NNC(=O)c2ccccc2)c1. The van der Waals surface area contributed by atoms with Gasteiger partial charge in [-0.2, -0.15) is 0 Å². The van der Waals surface area contributed by atoms with Crippen LogP contribution in [0.15, 0.2) is 54.6 Å². The van der Waals surface area contributed by atoms with Crippen molar-refractivity contribution in [2.75, 3.05) is 6.61 Å². The van der Waals surface area contributed by atoms with E-state index in [0.29, 0.717) is 23.5 Å². The molecule has 0 aliphatic rings. The maximum atomic E-state index is 12.0. The number of carbonyl (C=O) groups excluding carboxylic acids is 2. The first-order chi connectivity index (χ1) is 10.7. The van der Waals surface area contributed by atoms with Crippen LogP contribution in [0.4, 0.5) is 0 Å². The number of hydrazine groups is 1. The van der Waals surface area contributed by atoms with Crippen LogP contribution >= 0.6 is 0 Å². The third-order valence-corrected chi connectivity index (χ3v) is 2.89. The quantitative estimate of drug-likeness (QED) is 0.834. The van der Waals surface area contributed by atoms with Gasteiger partial charge >= 0.3 is 0 Å². The molecule has 0 saturated heterocycles. The van der Waals surface area contributed by atoms with Crippen LogP contribution in [0.25, 0.3) is 0 Å². The maximum Gasteiger partial charge on any atom is 0.269 e. The lowest BCUT2D eigenvalue weighted by Gasteiger charge is -2.09. The summed E-state index contributed by atoms with van der Waals surface area (Å²) in [6.07, 6.45) is 0.892. The van der Waals surface area contributed by atoms with E-state index in [0.717, 1.165) is 6.42 Å². The smallest absolute Gasteiger partial charge is 0.269 e. The van der Waals surface area contributed by atoms with Gasteiger partial charge in [0, 0.05) is 11.1 Å². The van der Waals surface area contributed by atoms with Crippen molar-refractivity contribution in [2.45, 2.75) is 13.3 Å². The van der Waals surface area contributed by atoms with Crippen LogP contribution in [0.5, 0.6) is 5.75 Å². The van der Waals surface area contributed by atoms with Crippen molar-refractivity contribution in [2.24, 2.45) is 0 Å². The van der Waals surface area contributed by atoms with E-state index in [-0.39, 0.29) is 5.91 Å². The van der Waals surface area contributed by atoms with Crippen molar-refractivity contribution in [3.05, 3.63) is 65.7 Å². The van der Waals surface area contributed by atoms with Crippen molar-refractivity contribution in [1.29, 1.82) is 0 Å². The lowest BCUT2D eigenvalue weighted by Crippen LogP contribution is -2.41. The molecule has 0 atom stereocenters. The summed E-state index contributed by atoms with van der Waals surface area (Å²) in [7, 11) is 0. The van der Waals surface area contributed by atoms with Crippen LogP contribution in [0.1, 0.15) is 34.1 Å². The first-order valence-corrected chi connectivity index (χ1v) is 7.09. The molecule has 2 rings (SSSR count). The third kappa shape index (κ3) is 4.34. The molecule has 0 unspecified atom stereocenters. The number of rotatable bonds is 5. The minimum Gasteiger partial charge on any atom is -0.494 e. The molecular formula is C17H18N2O3. The standard InChI is InChI=1S/C17H18N2O3/c1-2-11-22-15-10-6-9-14(12-15)17(21)19-18-16(20)13-7-4-3-5-8-13/h3-10,12H,2,11H2,1H3,(H,18,20)(H,19,21). The molecular weight excluding hydrogens is 280 g/mol. The van der Waals surface area contributed by atoms with Crippen LogP contribution in [-0.2, 0) is 0 Å². The molecule has 2 aromatic carbocycles. The fourth-order valence-corrected chi connectivity index (χ4v) is 1.79. The van der Waals surface area contributed by atoms with E-state index in [4.69, 9.17) is 4.74 Å². The zero-order chi connectivity index (χ0) is 15.8. The summed E-state index contributed by atoms with van der Waals surface area (Å²) in [5, 5.41) is 0. The van der Waals surface area contributed by atoms with Gasteiger partial charge < -0.3 is 4.74 Å². The number of benzene rings is 2. The normalized spacial score (nSPS) is 9.86. The molecule has 0 aliphatic carbocycles. The Morgan fingerprint density at radius 2 is 1.55 bits per heavy atom. The molecule has 2 amide bonds. The molecule has 0 fully saturated rings. The lowest BCUT2D eigenvalue weighted by atomic mass is 10.2. The Labute approximate surface area is 129 Å². The second kappa shape index (κ2) is 7.83. The topological polar surface area (TPSA) is 67.4 Å². The summed E-state index contributed by atoms with van der Waals surface area (Å²) < 4.78 is 5.47. The zero-order valence-electron chi connectivity index (χ0n) is 12.3. The summed E-state index contributed by atoms with van der Waals surface area (Å²) in [4.78, 5) is 23.9. The van der Waals surface area contributed by atoms with E-state index in [9.17, 15) is 9.59 Å². The second-order valence-corrected chi connectivity index (χ2v) is 4.65. The molecule has 5 heteroatoms. The van der Waals surface area contributed by atoms with Gasteiger partial charge in [-0.15, -0.1) is 0 Å². The Hall–Kier alpha value is -2.82. The molecule has 0 aliphatic heterocycles. The average Bonchev–Trinajstić information content (AvgIpc) is 2.58. The molecule has 0 aromatic heterocycles. The summed E-state index contributed by atoms with van der Waals surface area (Å²) in [5.41, 5.74) is 5.66. The predicted molar refractivity (Wildman–Crippen MR) is 83.6 cm³/mol. The van der Waals surface area contributed by atoms with Gasteiger partial charge in [0.15, 0.2) is 0 Å². The Morgan fingerprint density at radius 3 is 2.23 bits per heavy atom. The van der Waals surface area contributed by atoms with E-state index in [1.54, 1.807) is 48.5 Å². The number of hydrogen-bond acceptors (Lipinski definition) is 3. The predicted octanol–water partition coefficient (Wildman–Crippen LogP) is 2.55. The molecule has 114 valence electrons. The van der Waals surface area contributed by atoms with Gasteiger partial charge in [0.1, 0.15) is 5.75 Å². The van der Waals surface area contributed by atoms with Gasteiger partial charge in [-0.05, 0) is 36.8 Å².